The average Bonchev–Trinajstić information content (AvgIpc) is 2.47. The van der Waals surface area contributed by atoms with E-state index in [9.17, 15) is 0 Å². The summed E-state index contributed by atoms with van der Waals surface area (Å²) in [5.74, 6) is 1.59. The van der Waals surface area contributed by atoms with Gasteiger partial charge in [-0.15, -0.1) is 0 Å². The van der Waals surface area contributed by atoms with Gasteiger partial charge in [0.1, 0.15) is 5.75 Å². The molecule has 0 aromatic heterocycles. The number of nitrogens with one attached hydrogen (secondary N) is 1. The van der Waals surface area contributed by atoms with Gasteiger partial charge in [-0.1, -0.05) is 12.1 Å². The molecule has 0 radical (unpaired) electrons. The predicted molar refractivity (Wildman–Crippen MR) is 80.1 cm³/mol. The predicted octanol–water partition coefficient (Wildman–Crippen LogP) is 3.31. The number of rotatable bonds is 4. The second kappa shape index (κ2) is 5.74. The maximum absolute atomic E-state index is 6.05. The van der Waals surface area contributed by atoms with Gasteiger partial charge < -0.3 is 14.8 Å². The minimum Gasteiger partial charge on any atom is -0.497 e. The van der Waals surface area contributed by atoms with Gasteiger partial charge in [-0.2, -0.15) is 0 Å². The van der Waals surface area contributed by atoms with E-state index in [2.05, 4.69) is 30.6 Å². The van der Waals surface area contributed by atoms with Crippen molar-refractivity contribution in [3.63, 3.8) is 0 Å². The summed E-state index contributed by atoms with van der Waals surface area (Å²) in [6, 6.07) is 8.84. The third-order valence-electron chi connectivity index (χ3n) is 5.03. The lowest BCUT2D eigenvalue weighted by Gasteiger charge is -2.48. The van der Waals surface area contributed by atoms with E-state index in [1.165, 1.54) is 31.2 Å². The van der Waals surface area contributed by atoms with Gasteiger partial charge >= 0.3 is 0 Å². The second-order valence-electron chi connectivity index (χ2n) is 6.18. The molecule has 2 aliphatic rings. The lowest BCUT2D eigenvalue weighted by Crippen LogP contribution is -2.47. The number of methoxy groups -OCH3 is 1. The molecule has 2 atom stereocenters. The van der Waals surface area contributed by atoms with Crippen molar-refractivity contribution >= 4 is 0 Å². The molecule has 1 spiro atoms. The van der Waals surface area contributed by atoms with Crippen molar-refractivity contribution in [1.29, 1.82) is 0 Å². The summed E-state index contributed by atoms with van der Waals surface area (Å²) in [4.78, 5) is 0. The summed E-state index contributed by atoms with van der Waals surface area (Å²) < 4.78 is 11.4. The summed E-state index contributed by atoms with van der Waals surface area (Å²) >= 11 is 0. The molecule has 2 fully saturated rings. The second-order valence-corrected chi connectivity index (χ2v) is 6.18. The lowest BCUT2D eigenvalue weighted by atomic mass is 9.69. The molecule has 0 bridgehead atoms. The van der Waals surface area contributed by atoms with Crippen LogP contribution in [-0.2, 0) is 4.74 Å². The normalized spacial score (nSPS) is 26.0. The summed E-state index contributed by atoms with van der Waals surface area (Å²) in [7, 11) is 3.79. The van der Waals surface area contributed by atoms with Gasteiger partial charge in [0.05, 0.1) is 12.7 Å². The Bertz CT molecular complexity index is 456. The molecule has 1 heterocycles. The van der Waals surface area contributed by atoms with Gasteiger partial charge in [-0.05, 0) is 62.8 Å². The van der Waals surface area contributed by atoms with Gasteiger partial charge in [0.25, 0.3) is 0 Å². The van der Waals surface area contributed by atoms with Gasteiger partial charge in [0, 0.05) is 12.6 Å². The standard InChI is InChI=1S/C17H25NO2/c1-18-16(13-5-3-6-15(11-13)19-2)14-7-10-20-17(12-14)8-4-9-17/h3,5-6,11,14,16,18H,4,7-10,12H2,1-2H3. The fourth-order valence-corrected chi connectivity index (χ4v) is 3.78. The highest BCUT2D eigenvalue weighted by atomic mass is 16.5. The molecular weight excluding hydrogens is 250 g/mol. The molecule has 1 aromatic rings. The Kier molecular flexibility index (Phi) is 3.99. The van der Waals surface area contributed by atoms with E-state index in [0.29, 0.717) is 12.0 Å². The first-order valence-electron chi connectivity index (χ1n) is 7.71. The van der Waals surface area contributed by atoms with Crippen molar-refractivity contribution in [3.05, 3.63) is 29.8 Å². The van der Waals surface area contributed by atoms with Gasteiger partial charge in [-0.25, -0.2) is 0 Å². The fraction of sp³-hybridized carbons (Fsp3) is 0.647. The molecular formula is C17H25NO2. The Morgan fingerprint density at radius 3 is 2.90 bits per heavy atom. The van der Waals surface area contributed by atoms with Crippen LogP contribution < -0.4 is 10.1 Å². The quantitative estimate of drug-likeness (QED) is 0.914. The van der Waals surface area contributed by atoms with Crippen LogP contribution in [0.1, 0.15) is 43.7 Å². The molecule has 3 nitrogen and oxygen atoms in total. The number of benzene rings is 1. The van der Waals surface area contributed by atoms with Crippen LogP contribution in [0, 0.1) is 5.92 Å². The molecule has 3 rings (SSSR count). The van der Waals surface area contributed by atoms with Gasteiger partial charge in [0.2, 0.25) is 0 Å². The third-order valence-corrected chi connectivity index (χ3v) is 5.03. The molecule has 2 unspecified atom stereocenters. The van der Waals surface area contributed by atoms with Crippen molar-refractivity contribution in [1.82, 2.24) is 5.32 Å². The Morgan fingerprint density at radius 1 is 1.40 bits per heavy atom. The highest BCUT2D eigenvalue weighted by Crippen LogP contribution is 2.47. The van der Waals surface area contributed by atoms with E-state index < -0.39 is 0 Å². The van der Waals surface area contributed by atoms with Crippen molar-refractivity contribution in [3.8, 4) is 5.75 Å². The average molecular weight is 275 g/mol. The topological polar surface area (TPSA) is 30.5 Å². The van der Waals surface area contributed by atoms with E-state index in [1.807, 2.05) is 6.07 Å². The van der Waals surface area contributed by atoms with E-state index in [0.717, 1.165) is 18.8 Å². The Labute approximate surface area is 121 Å². The Hall–Kier alpha value is -1.06. The summed E-state index contributed by atoms with van der Waals surface area (Å²) in [6.07, 6.45) is 6.16. The molecule has 0 amide bonds. The lowest BCUT2D eigenvalue weighted by molar-refractivity contribution is -0.147. The van der Waals surface area contributed by atoms with E-state index >= 15 is 0 Å². The SMILES string of the molecule is CNC(c1cccc(OC)c1)C1CCOC2(CCC2)C1. The number of hydrogen-bond acceptors (Lipinski definition) is 3. The maximum atomic E-state index is 6.05. The highest BCUT2D eigenvalue weighted by Gasteiger charge is 2.44. The molecule has 1 saturated heterocycles. The zero-order valence-electron chi connectivity index (χ0n) is 12.5. The largest absolute Gasteiger partial charge is 0.497 e. The summed E-state index contributed by atoms with van der Waals surface area (Å²) in [5, 5.41) is 3.51. The highest BCUT2D eigenvalue weighted by molar-refractivity contribution is 5.31. The van der Waals surface area contributed by atoms with Gasteiger partial charge in [0.15, 0.2) is 0 Å². The van der Waals surface area contributed by atoms with Gasteiger partial charge in [-0.3, -0.25) is 0 Å². The van der Waals surface area contributed by atoms with E-state index in [1.54, 1.807) is 7.11 Å². The minimum atomic E-state index is 0.205. The van der Waals surface area contributed by atoms with Crippen molar-refractivity contribution in [2.45, 2.75) is 43.7 Å². The zero-order valence-corrected chi connectivity index (χ0v) is 12.5. The smallest absolute Gasteiger partial charge is 0.119 e. The van der Waals surface area contributed by atoms with Crippen LogP contribution in [-0.4, -0.2) is 26.4 Å². The first kappa shape index (κ1) is 13.9. The van der Waals surface area contributed by atoms with Crippen LogP contribution in [0.4, 0.5) is 0 Å². The summed E-state index contributed by atoms with van der Waals surface area (Å²) in [5.41, 5.74) is 1.53. The molecule has 1 N–H and O–H groups in total. The first-order valence-corrected chi connectivity index (χ1v) is 7.71. The number of ether oxygens (including phenoxy) is 2. The molecule has 1 saturated carbocycles. The van der Waals surface area contributed by atoms with Crippen LogP contribution in [0.3, 0.4) is 0 Å². The fourth-order valence-electron chi connectivity index (χ4n) is 3.78. The van der Waals surface area contributed by atoms with Crippen molar-refractivity contribution < 1.29 is 9.47 Å². The molecule has 1 aliphatic heterocycles. The van der Waals surface area contributed by atoms with Crippen LogP contribution in [0.15, 0.2) is 24.3 Å². The molecule has 1 aromatic carbocycles. The minimum absolute atomic E-state index is 0.205. The Balaban J connectivity index is 1.78. The van der Waals surface area contributed by atoms with Crippen LogP contribution in [0.25, 0.3) is 0 Å². The van der Waals surface area contributed by atoms with Crippen LogP contribution in [0.5, 0.6) is 5.75 Å². The summed E-state index contributed by atoms with van der Waals surface area (Å²) in [6.45, 7) is 0.910. The monoisotopic (exact) mass is 275 g/mol. The zero-order chi connectivity index (χ0) is 14.0. The third kappa shape index (κ3) is 2.57. The molecule has 3 heteroatoms. The van der Waals surface area contributed by atoms with Crippen molar-refractivity contribution in [2.24, 2.45) is 5.92 Å². The number of hydrogen-bond donors (Lipinski definition) is 1. The van der Waals surface area contributed by atoms with Crippen LogP contribution >= 0.6 is 0 Å². The van der Waals surface area contributed by atoms with E-state index in [4.69, 9.17) is 9.47 Å². The Morgan fingerprint density at radius 2 is 2.25 bits per heavy atom. The molecule has 1 aliphatic carbocycles. The molecule has 20 heavy (non-hydrogen) atoms. The van der Waals surface area contributed by atoms with Crippen LogP contribution in [0.2, 0.25) is 0 Å². The maximum Gasteiger partial charge on any atom is 0.119 e. The first-order chi connectivity index (χ1) is 9.76. The van der Waals surface area contributed by atoms with Crippen molar-refractivity contribution in [2.75, 3.05) is 20.8 Å². The van der Waals surface area contributed by atoms with E-state index in [-0.39, 0.29) is 5.60 Å². The molecule has 110 valence electrons.